The minimum absolute atomic E-state index is 0.340. The Morgan fingerprint density at radius 3 is 1.71 bits per heavy atom. The van der Waals surface area contributed by atoms with Crippen molar-refractivity contribution in [1.82, 2.24) is 4.90 Å². The largest absolute Gasteiger partial charge is 0.386 e. The van der Waals surface area contributed by atoms with Crippen LogP contribution in [-0.2, 0) is 5.60 Å². The van der Waals surface area contributed by atoms with Gasteiger partial charge in [0.1, 0.15) is 11.2 Å². The predicted molar refractivity (Wildman–Crippen MR) is 94.6 cm³/mol. The number of rotatable bonds is 3. The molecule has 3 heteroatoms. The fourth-order valence-corrected chi connectivity index (χ4v) is 4.80. The van der Waals surface area contributed by atoms with Gasteiger partial charge in [-0.15, -0.1) is 0 Å². The van der Waals surface area contributed by atoms with Gasteiger partial charge in [0, 0.05) is 12.1 Å². The second-order valence-corrected chi connectivity index (χ2v) is 7.43. The monoisotopic (exact) mass is 323 g/mol. The van der Waals surface area contributed by atoms with E-state index < -0.39 is 11.2 Å². The lowest BCUT2D eigenvalue weighted by Crippen LogP contribution is -2.60. The van der Waals surface area contributed by atoms with Crippen molar-refractivity contribution in [3.8, 4) is 0 Å². The van der Waals surface area contributed by atoms with Gasteiger partial charge in [0.25, 0.3) is 0 Å². The Morgan fingerprint density at radius 1 is 0.875 bits per heavy atom. The second-order valence-electron chi connectivity index (χ2n) is 7.43. The number of benzene rings is 2. The van der Waals surface area contributed by atoms with Crippen molar-refractivity contribution in [2.45, 2.75) is 49.0 Å². The Hall–Kier alpha value is -1.68. The zero-order valence-electron chi connectivity index (χ0n) is 14.1. The first kappa shape index (κ1) is 15.8. The predicted octanol–water partition coefficient (Wildman–Crippen LogP) is 2.91. The van der Waals surface area contributed by atoms with Crippen molar-refractivity contribution >= 4 is 0 Å². The summed E-state index contributed by atoms with van der Waals surface area (Å²) < 4.78 is 0. The maximum atomic E-state index is 11.9. The lowest BCUT2D eigenvalue weighted by molar-refractivity contribution is -0.170. The Balaban J connectivity index is 1.85. The first-order valence-electron chi connectivity index (χ1n) is 8.82. The van der Waals surface area contributed by atoms with Crippen LogP contribution in [0.3, 0.4) is 0 Å². The van der Waals surface area contributed by atoms with E-state index in [0.717, 1.165) is 24.0 Å². The van der Waals surface area contributed by atoms with Crippen molar-refractivity contribution < 1.29 is 10.2 Å². The third kappa shape index (κ3) is 2.23. The molecule has 3 atom stereocenters. The lowest BCUT2D eigenvalue weighted by Gasteiger charge is -2.51. The van der Waals surface area contributed by atoms with Crippen LogP contribution >= 0.6 is 0 Å². The van der Waals surface area contributed by atoms with E-state index in [1.807, 2.05) is 60.7 Å². The van der Waals surface area contributed by atoms with Crippen LogP contribution < -0.4 is 0 Å². The molecule has 2 N–H and O–H groups in total. The second kappa shape index (κ2) is 5.69. The third-order valence-electron chi connectivity index (χ3n) is 6.19. The quantitative estimate of drug-likeness (QED) is 0.913. The summed E-state index contributed by atoms with van der Waals surface area (Å²) in [5, 5.41) is 23.6. The molecule has 2 saturated heterocycles. The standard InChI is InChI=1S/C21H25NO2/c1-22-18-12-13-19(22)15-20(23,14-18)21(24,16-8-4-2-5-9-16)17-10-6-3-7-11-17/h2-11,18-19,23-24H,12-15H2,1H3/t18-,19+,20?. The molecule has 0 aliphatic carbocycles. The maximum absolute atomic E-state index is 11.9. The normalized spacial score (nSPS) is 30.5. The summed E-state index contributed by atoms with van der Waals surface area (Å²) in [7, 11) is 2.14. The summed E-state index contributed by atoms with van der Waals surface area (Å²) in [4.78, 5) is 2.38. The molecule has 2 aromatic rings. The molecule has 0 radical (unpaired) electrons. The van der Waals surface area contributed by atoms with E-state index in [4.69, 9.17) is 0 Å². The van der Waals surface area contributed by atoms with Gasteiger partial charge in [-0.05, 0) is 43.9 Å². The van der Waals surface area contributed by atoms with Crippen molar-refractivity contribution in [2.24, 2.45) is 0 Å². The van der Waals surface area contributed by atoms with Gasteiger partial charge in [-0.1, -0.05) is 60.7 Å². The average molecular weight is 323 g/mol. The summed E-state index contributed by atoms with van der Waals surface area (Å²) in [6, 6.07) is 20.0. The molecule has 0 saturated carbocycles. The van der Waals surface area contributed by atoms with E-state index in [9.17, 15) is 10.2 Å². The van der Waals surface area contributed by atoms with Gasteiger partial charge in [0.2, 0.25) is 0 Å². The SMILES string of the molecule is CN1[C@@H]2CC[C@H]1CC(O)(C(O)(c1ccccc1)c1ccccc1)C2. The van der Waals surface area contributed by atoms with Crippen LogP contribution in [0.2, 0.25) is 0 Å². The molecule has 126 valence electrons. The zero-order chi connectivity index (χ0) is 16.8. The molecule has 24 heavy (non-hydrogen) atoms. The first-order chi connectivity index (χ1) is 11.5. The van der Waals surface area contributed by atoms with Gasteiger partial charge in [-0.3, -0.25) is 0 Å². The summed E-state index contributed by atoms with van der Waals surface area (Å²) in [6.07, 6.45) is 3.40. The van der Waals surface area contributed by atoms with Crippen LogP contribution in [0.4, 0.5) is 0 Å². The summed E-state index contributed by atoms with van der Waals surface area (Å²) >= 11 is 0. The maximum Gasteiger partial charge on any atom is 0.143 e. The molecule has 2 aliphatic rings. The summed E-state index contributed by atoms with van der Waals surface area (Å²) in [5.41, 5.74) is -1.02. The molecule has 4 rings (SSSR count). The molecule has 2 heterocycles. The van der Waals surface area contributed by atoms with Crippen molar-refractivity contribution in [3.63, 3.8) is 0 Å². The molecule has 2 aliphatic heterocycles. The topological polar surface area (TPSA) is 43.7 Å². The highest BCUT2D eigenvalue weighted by atomic mass is 16.4. The Morgan fingerprint density at radius 2 is 1.29 bits per heavy atom. The smallest absolute Gasteiger partial charge is 0.143 e. The van der Waals surface area contributed by atoms with Gasteiger partial charge >= 0.3 is 0 Å². The Labute approximate surface area is 143 Å². The molecular weight excluding hydrogens is 298 g/mol. The third-order valence-corrected chi connectivity index (χ3v) is 6.19. The summed E-state index contributed by atoms with van der Waals surface area (Å²) in [6.45, 7) is 0. The molecule has 3 nitrogen and oxygen atoms in total. The van der Waals surface area contributed by atoms with Gasteiger partial charge in [-0.25, -0.2) is 0 Å². The number of nitrogens with zero attached hydrogens (tertiary/aromatic N) is 1. The lowest BCUT2D eigenvalue weighted by atomic mass is 9.67. The highest BCUT2D eigenvalue weighted by Gasteiger charge is 2.58. The number of piperidine rings is 1. The van der Waals surface area contributed by atoms with E-state index in [1.54, 1.807) is 0 Å². The van der Waals surface area contributed by atoms with Gasteiger partial charge < -0.3 is 15.1 Å². The first-order valence-corrected chi connectivity index (χ1v) is 8.82. The minimum Gasteiger partial charge on any atom is -0.386 e. The average Bonchev–Trinajstić information content (AvgIpc) is 2.84. The van der Waals surface area contributed by atoms with Crippen LogP contribution in [0, 0.1) is 0 Å². The van der Waals surface area contributed by atoms with Crippen LogP contribution in [0.15, 0.2) is 60.7 Å². The molecular formula is C21H25NO2. The van der Waals surface area contributed by atoms with Crippen molar-refractivity contribution in [2.75, 3.05) is 7.05 Å². The van der Waals surface area contributed by atoms with Crippen LogP contribution in [0.25, 0.3) is 0 Å². The van der Waals surface area contributed by atoms with Crippen molar-refractivity contribution in [1.29, 1.82) is 0 Å². The van der Waals surface area contributed by atoms with Gasteiger partial charge in [0.05, 0.1) is 0 Å². The highest BCUT2D eigenvalue weighted by Crippen LogP contribution is 2.50. The number of fused-ring (bicyclic) bond motifs is 2. The molecule has 0 amide bonds. The molecule has 2 aromatic carbocycles. The Kier molecular flexibility index (Phi) is 3.75. The van der Waals surface area contributed by atoms with E-state index in [1.165, 1.54) is 0 Å². The van der Waals surface area contributed by atoms with E-state index >= 15 is 0 Å². The molecule has 0 spiro atoms. The fraction of sp³-hybridized carbons (Fsp3) is 0.429. The van der Waals surface area contributed by atoms with Crippen LogP contribution in [0.5, 0.6) is 0 Å². The number of hydrogen-bond acceptors (Lipinski definition) is 3. The van der Waals surface area contributed by atoms with Crippen molar-refractivity contribution in [3.05, 3.63) is 71.8 Å². The van der Waals surface area contributed by atoms with E-state index in [0.29, 0.717) is 24.9 Å². The van der Waals surface area contributed by atoms with Gasteiger partial charge in [0.15, 0.2) is 0 Å². The van der Waals surface area contributed by atoms with Crippen LogP contribution in [-0.4, -0.2) is 39.8 Å². The molecule has 2 fully saturated rings. The number of hydrogen-bond donors (Lipinski definition) is 2. The molecule has 2 bridgehead atoms. The highest BCUT2D eigenvalue weighted by molar-refractivity contribution is 5.40. The van der Waals surface area contributed by atoms with Gasteiger partial charge in [-0.2, -0.15) is 0 Å². The summed E-state index contributed by atoms with van der Waals surface area (Å²) in [5.74, 6) is 0. The number of aliphatic hydroxyl groups is 2. The Bertz CT molecular complexity index is 647. The zero-order valence-corrected chi connectivity index (χ0v) is 14.1. The van der Waals surface area contributed by atoms with E-state index in [-0.39, 0.29) is 0 Å². The van der Waals surface area contributed by atoms with E-state index in [2.05, 4.69) is 11.9 Å². The fourth-order valence-electron chi connectivity index (χ4n) is 4.80. The molecule has 1 unspecified atom stereocenters. The van der Waals surface area contributed by atoms with Crippen LogP contribution in [0.1, 0.15) is 36.8 Å². The molecule has 0 aromatic heterocycles. The minimum atomic E-state index is -1.39.